The highest BCUT2D eigenvalue weighted by atomic mass is 16.4. The lowest BCUT2D eigenvalue weighted by molar-refractivity contribution is -0.153. The molecule has 0 aliphatic carbocycles. The Morgan fingerprint density at radius 1 is 0.963 bits per heavy atom. The summed E-state index contributed by atoms with van der Waals surface area (Å²) in [5.41, 5.74) is 0. The zero-order valence-corrected chi connectivity index (χ0v) is 14.7. The average Bonchev–Trinajstić information content (AvgIpc) is 2.63. The van der Waals surface area contributed by atoms with Crippen LogP contribution in [0.5, 0.6) is 0 Å². The molecule has 0 spiro atoms. The predicted octanol–water partition coefficient (Wildman–Crippen LogP) is -3.57. The van der Waals surface area contributed by atoms with Crippen molar-refractivity contribution in [2.45, 2.75) is 62.7 Å². The lowest BCUT2D eigenvalue weighted by Gasteiger charge is -2.24. The second-order valence-corrected chi connectivity index (χ2v) is 5.96. The van der Waals surface area contributed by atoms with Gasteiger partial charge in [-0.2, -0.15) is 0 Å². The molecule has 0 bridgehead atoms. The minimum absolute atomic E-state index is 0.0352. The van der Waals surface area contributed by atoms with Crippen molar-refractivity contribution in [1.29, 1.82) is 0 Å². The van der Waals surface area contributed by atoms with Gasteiger partial charge in [0, 0.05) is 0 Å². The quantitative estimate of drug-likeness (QED) is 0.106. The van der Waals surface area contributed by atoms with Gasteiger partial charge in [-0.15, -0.1) is 0 Å². The third-order valence-corrected chi connectivity index (χ3v) is 3.79. The van der Waals surface area contributed by atoms with E-state index in [-0.39, 0.29) is 12.7 Å². The molecule has 0 heterocycles. The Kier molecular flexibility index (Phi) is 11.3. The summed E-state index contributed by atoms with van der Waals surface area (Å²) in [6.07, 6.45) is -8.04. The molecule has 0 unspecified atom stereocenters. The third-order valence-electron chi connectivity index (χ3n) is 3.79. The molecule has 0 saturated heterocycles. The Bertz CT molecular complexity index is 515. The first-order chi connectivity index (χ1) is 12.5. The molecule has 0 saturated carbocycles. The summed E-state index contributed by atoms with van der Waals surface area (Å²) in [4.78, 5) is 44.0. The highest BCUT2D eigenvalue weighted by Crippen LogP contribution is 2.07. The Morgan fingerprint density at radius 2 is 1.56 bits per heavy atom. The number of carbonyl (C=O) groups is 4. The largest absolute Gasteiger partial charge is 0.480 e. The van der Waals surface area contributed by atoms with Crippen LogP contribution >= 0.6 is 0 Å². The smallest absolute Gasteiger partial charge is 0.326 e. The van der Waals surface area contributed by atoms with Crippen LogP contribution in [0.15, 0.2) is 0 Å². The highest BCUT2D eigenvalue weighted by Gasteiger charge is 2.35. The average molecular weight is 394 g/mol. The number of carboxylic acid groups (broad SMARTS) is 2. The Labute approximate surface area is 154 Å². The lowest BCUT2D eigenvalue weighted by Crippen LogP contribution is -2.54. The molecule has 0 aliphatic heterocycles. The number of amides is 1. The van der Waals surface area contributed by atoms with Crippen molar-refractivity contribution >= 4 is 24.1 Å². The number of carboxylic acids is 2. The number of aliphatic hydroxyl groups excluding tert-OH is 4. The van der Waals surface area contributed by atoms with Gasteiger partial charge in [0.1, 0.15) is 30.4 Å². The maximum Gasteiger partial charge on any atom is 0.326 e. The fraction of sp³-hybridized carbons (Fsp3) is 0.733. The molecule has 8 N–H and O–H groups in total. The summed E-state index contributed by atoms with van der Waals surface area (Å²) in [6, 6.07) is -2.16. The van der Waals surface area contributed by atoms with Crippen LogP contribution in [-0.2, 0) is 19.2 Å². The monoisotopic (exact) mass is 394 g/mol. The van der Waals surface area contributed by atoms with Crippen LogP contribution in [-0.4, -0.2) is 97.8 Å². The maximum atomic E-state index is 11.8. The van der Waals surface area contributed by atoms with E-state index in [1.165, 1.54) is 6.92 Å². The number of aldehydes is 1. The molecule has 0 aliphatic rings. The van der Waals surface area contributed by atoms with Gasteiger partial charge in [0.15, 0.2) is 12.4 Å². The minimum atomic E-state index is -2.27. The van der Waals surface area contributed by atoms with Crippen LogP contribution in [0, 0.1) is 0 Å². The Hall–Kier alpha value is -2.12. The number of rotatable bonds is 14. The van der Waals surface area contributed by atoms with Crippen molar-refractivity contribution < 1.29 is 49.8 Å². The van der Waals surface area contributed by atoms with E-state index in [0.717, 1.165) is 0 Å². The van der Waals surface area contributed by atoms with Crippen LogP contribution in [0.1, 0.15) is 26.2 Å². The number of aliphatic carboxylic acids is 2. The summed E-state index contributed by atoms with van der Waals surface area (Å²) >= 11 is 0. The van der Waals surface area contributed by atoms with Gasteiger partial charge >= 0.3 is 11.9 Å². The first-order valence-corrected chi connectivity index (χ1v) is 8.19. The number of hydrogen-bond acceptors (Lipinski definition) is 9. The Balaban J connectivity index is 4.51. The second-order valence-electron chi connectivity index (χ2n) is 5.96. The van der Waals surface area contributed by atoms with Crippen LogP contribution < -0.4 is 10.6 Å². The summed E-state index contributed by atoms with van der Waals surface area (Å²) in [6.45, 7) is 1.76. The van der Waals surface area contributed by atoms with Crippen molar-refractivity contribution in [2.75, 3.05) is 6.54 Å². The molecule has 0 aromatic heterocycles. The molecule has 0 radical (unpaired) electrons. The molecule has 0 fully saturated rings. The summed E-state index contributed by atoms with van der Waals surface area (Å²) in [5, 5.41) is 60.2. The van der Waals surface area contributed by atoms with Crippen LogP contribution in [0.25, 0.3) is 0 Å². The van der Waals surface area contributed by atoms with E-state index in [2.05, 4.69) is 5.32 Å². The molecule has 6 atom stereocenters. The SMILES string of the molecule is C[C@H](NCCCC[C@H](NC(=O)[C@@H](O)[C@H](O)[C@H](O)[C@@H](O)C=O)C(=O)O)C(=O)O. The van der Waals surface area contributed by atoms with E-state index < -0.39 is 54.3 Å². The third kappa shape index (κ3) is 8.88. The number of hydrogen-bond donors (Lipinski definition) is 8. The number of nitrogens with one attached hydrogen (secondary N) is 2. The van der Waals surface area contributed by atoms with Gasteiger partial charge in [-0.1, -0.05) is 0 Å². The first-order valence-electron chi connectivity index (χ1n) is 8.19. The van der Waals surface area contributed by atoms with Crippen molar-refractivity contribution in [3.63, 3.8) is 0 Å². The highest BCUT2D eigenvalue weighted by molar-refractivity contribution is 5.86. The lowest BCUT2D eigenvalue weighted by atomic mass is 10.0. The standard InChI is InChI=1S/C15H26N2O10/c1-7(14(24)25)16-5-3-2-4-8(15(26)27)17-13(23)12(22)11(21)10(20)9(19)6-18/h6-12,16,19-22H,2-5H2,1H3,(H,17,23)(H,24,25)(H,26,27)/t7-,8-,9-,10+,11+,12-/m0/s1. The van der Waals surface area contributed by atoms with E-state index in [0.29, 0.717) is 19.4 Å². The van der Waals surface area contributed by atoms with Crippen molar-refractivity contribution in [3.05, 3.63) is 0 Å². The van der Waals surface area contributed by atoms with Crippen molar-refractivity contribution in [1.82, 2.24) is 10.6 Å². The van der Waals surface area contributed by atoms with Crippen molar-refractivity contribution in [3.8, 4) is 0 Å². The van der Waals surface area contributed by atoms with E-state index in [9.17, 15) is 34.5 Å². The zero-order valence-electron chi connectivity index (χ0n) is 14.7. The van der Waals surface area contributed by atoms with Gasteiger partial charge in [-0.05, 0) is 32.7 Å². The molecule has 12 heteroatoms. The molecule has 0 aromatic rings. The van der Waals surface area contributed by atoms with Gasteiger partial charge in [0.2, 0.25) is 0 Å². The van der Waals surface area contributed by atoms with Gasteiger partial charge < -0.3 is 46.1 Å². The first kappa shape index (κ1) is 24.9. The molecule has 12 nitrogen and oxygen atoms in total. The molecular formula is C15H26N2O10. The van der Waals surface area contributed by atoms with Gasteiger partial charge in [-0.25, -0.2) is 4.79 Å². The summed E-state index contributed by atoms with van der Waals surface area (Å²) in [5.74, 6) is -3.73. The Morgan fingerprint density at radius 3 is 2.04 bits per heavy atom. The predicted molar refractivity (Wildman–Crippen MR) is 88.6 cm³/mol. The van der Waals surface area contributed by atoms with E-state index in [1.807, 2.05) is 5.32 Å². The van der Waals surface area contributed by atoms with Gasteiger partial charge in [-0.3, -0.25) is 9.59 Å². The molecule has 1 amide bonds. The summed E-state index contributed by atoms with van der Waals surface area (Å²) in [7, 11) is 0. The van der Waals surface area contributed by atoms with E-state index in [4.69, 9.17) is 15.3 Å². The topological polar surface area (TPSA) is 214 Å². The van der Waals surface area contributed by atoms with Gasteiger partial charge in [0.25, 0.3) is 5.91 Å². The van der Waals surface area contributed by atoms with Gasteiger partial charge in [0.05, 0.1) is 0 Å². The molecule has 156 valence electrons. The fourth-order valence-corrected chi connectivity index (χ4v) is 2.02. The summed E-state index contributed by atoms with van der Waals surface area (Å²) < 4.78 is 0. The molecular weight excluding hydrogens is 368 g/mol. The number of aliphatic hydroxyl groups is 4. The molecule has 0 aromatic carbocycles. The second kappa shape index (κ2) is 12.3. The fourth-order valence-electron chi connectivity index (χ4n) is 2.02. The van der Waals surface area contributed by atoms with E-state index >= 15 is 0 Å². The number of carbonyl (C=O) groups excluding carboxylic acids is 2. The van der Waals surface area contributed by atoms with E-state index in [1.54, 1.807) is 0 Å². The molecule has 0 rings (SSSR count). The van der Waals surface area contributed by atoms with Crippen LogP contribution in [0.3, 0.4) is 0 Å². The molecule has 27 heavy (non-hydrogen) atoms. The van der Waals surface area contributed by atoms with Crippen LogP contribution in [0.2, 0.25) is 0 Å². The number of unbranched alkanes of at least 4 members (excludes halogenated alkanes) is 1. The normalized spacial score (nSPS) is 17.8. The van der Waals surface area contributed by atoms with Crippen molar-refractivity contribution in [2.24, 2.45) is 0 Å². The minimum Gasteiger partial charge on any atom is -0.480 e. The maximum absolute atomic E-state index is 11.8. The zero-order chi connectivity index (χ0) is 21.1. The van der Waals surface area contributed by atoms with Crippen LogP contribution in [0.4, 0.5) is 0 Å².